The number of benzene rings is 3. The van der Waals surface area contributed by atoms with Crippen LogP contribution in [0.2, 0.25) is 0 Å². The molecule has 0 fully saturated rings. The third-order valence-corrected chi connectivity index (χ3v) is 6.39. The fourth-order valence-electron chi connectivity index (χ4n) is 4.34. The maximum Gasteiger partial charge on any atom is 0.337 e. The number of para-hydroxylation sites is 2. The molecule has 8 heteroatoms. The van der Waals surface area contributed by atoms with Crippen LogP contribution in [0.25, 0.3) is 16.9 Å². The Morgan fingerprint density at radius 2 is 1.34 bits per heavy atom. The van der Waals surface area contributed by atoms with Gasteiger partial charge in [0.1, 0.15) is 24.7 Å². The highest BCUT2D eigenvalue weighted by Crippen LogP contribution is 2.19. The van der Waals surface area contributed by atoms with Crippen molar-refractivity contribution in [3.8, 4) is 17.2 Å². The number of hydrogen-bond acceptors (Lipinski definition) is 5. The lowest BCUT2D eigenvalue weighted by Crippen LogP contribution is -2.41. The first-order chi connectivity index (χ1) is 18.5. The molecule has 0 amide bonds. The topological polar surface area (TPSA) is 80.3 Å². The van der Waals surface area contributed by atoms with Gasteiger partial charge in [-0.05, 0) is 47.9 Å². The molecule has 5 rings (SSSR count). The van der Waals surface area contributed by atoms with Crippen LogP contribution in [-0.2, 0) is 13.1 Å². The van der Waals surface area contributed by atoms with E-state index in [0.29, 0.717) is 41.7 Å². The highest BCUT2D eigenvalue weighted by molar-refractivity contribution is 5.72. The summed E-state index contributed by atoms with van der Waals surface area (Å²) in [6, 6.07) is 26.6. The van der Waals surface area contributed by atoms with E-state index in [0.717, 1.165) is 11.3 Å². The molecule has 0 aliphatic rings. The van der Waals surface area contributed by atoms with Crippen molar-refractivity contribution in [2.45, 2.75) is 32.9 Å². The Morgan fingerprint density at radius 3 is 1.92 bits per heavy atom. The summed E-state index contributed by atoms with van der Waals surface area (Å²) in [6.07, 6.45) is 1.59. The fraction of sp³-hybridized carbons (Fsp3) is 0.233. The van der Waals surface area contributed by atoms with Gasteiger partial charge in [0.15, 0.2) is 11.2 Å². The fourth-order valence-corrected chi connectivity index (χ4v) is 4.34. The molecule has 0 aliphatic heterocycles. The van der Waals surface area contributed by atoms with Gasteiger partial charge in [0, 0.05) is 0 Å². The first-order valence-corrected chi connectivity index (χ1v) is 12.7. The molecule has 0 saturated carbocycles. The molecule has 5 aromatic rings. The van der Waals surface area contributed by atoms with Crippen molar-refractivity contribution in [3.63, 3.8) is 0 Å². The Kier molecular flexibility index (Phi) is 7.40. The molecule has 0 spiro atoms. The van der Waals surface area contributed by atoms with Crippen molar-refractivity contribution in [2.75, 3.05) is 13.2 Å². The maximum absolute atomic E-state index is 13.7. The summed E-state index contributed by atoms with van der Waals surface area (Å²) >= 11 is 0. The average Bonchev–Trinajstić information content (AvgIpc) is 3.35. The van der Waals surface area contributed by atoms with Crippen molar-refractivity contribution in [1.29, 1.82) is 0 Å². The van der Waals surface area contributed by atoms with Crippen LogP contribution >= 0.6 is 0 Å². The predicted molar refractivity (Wildman–Crippen MR) is 148 cm³/mol. The second-order valence-electron chi connectivity index (χ2n) is 9.25. The summed E-state index contributed by atoms with van der Waals surface area (Å²) in [6.45, 7) is 5.23. The van der Waals surface area contributed by atoms with Gasteiger partial charge in [0.25, 0.3) is 5.56 Å². The lowest BCUT2D eigenvalue weighted by molar-refractivity contribution is 0.292. The number of rotatable bonds is 10. The van der Waals surface area contributed by atoms with E-state index in [1.807, 2.05) is 84.9 Å². The molecule has 0 unspecified atom stereocenters. The zero-order valence-corrected chi connectivity index (χ0v) is 21.5. The Labute approximate surface area is 220 Å². The highest BCUT2D eigenvalue weighted by Gasteiger charge is 2.19. The van der Waals surface area contributed by atoms with E-state index in [2.05, 4.69) is 18.8 Å². The van der Waals surface area contributed by atoms with Gasteiger partial charge in [-0.1, -0.05) is 62.4 Å². The summed E-state index contributed by atoms with van der Waals surface area (Å²) in [4.78, 5) is 31.8. The van der Waals surface area contributed by atoms with Crippen LogP contribution in [0.3, 0.4) is 0 Å². The van der Waals surface area contributed by atoms with Gasteiger partial charge in [0.2, 0.25) is 0 Å². The number of ether oxygens (including phenoxy) is 2. The van der Waals surface area contributed by atoms with Crippen molar-refractivity contribution in [2.24, 2.45) is 0 Å². The molecule has 0 N–H and O–H groups in total. The molecule has 3 aromatic carbocycles. The van der Waals surface area contributed by atoms with Crippen LogP contribution in [0.4, 0.5) is 0 Å². The molecule has 38 heavy (non-hydrogen) atoms. The van der Waals surface area contributed by atoms with Crippen molar-refractivity contribution < 1.29 is 9.47 Å². The Bertz CT molecular complexity index is 1620. The van der Waals surface area contributed by atoms with Gasteiger partial charge in [-0.15, -0.1) is 0 Å². The van der Waals surface area contributed by atoms with Crippen LogP contribution in [0, 0.1) is 0 Å². The third kappa shape index (κ3) is 5.25. The highest BCUT2D eigenvalue weighted by atomic mass is 16.5. The van der Waals surface area contributed by atoms with E-state index in [1.165, 1.54) is 9.13 Å². The van der Waals surface area contributed by atoms with Gasteiger partial charge < -0.3 is 14.0 Å². The number of imidazole rings is 1. The monoisotopic (exact) mass is 510 g/mol. The second kappa shape index (κ2) is 11.2. The maximum atomic E-state index is 13.7. The Balaban J connectivity index is 1.52. The normalized spacial score (nSPS) is 11.2. The quantitative estimate of drug-likeness (QED) is 0.274. The number of hydrogen-bond donors (Lipinski definition) is 0. The molecule has 0 aliphatic carbocycles. The lowest BCUT2D eigenvalue weighted by atomic mass is 10.0. The van der Waals surface area contributed by atoms with E-state index < -0.39 is 11.2 Å². The Morgan fingerprint density at radius 1 is 0.763 bits per heavy atom. The smallest absolute Gasteiger partial charge is 0.337 e. The lowest BCUT2D eigenvalue weighted by Gasteiger charge is -2.14. The second-order valence-corrected chi connectivity index (χ2v) is 9.25. The summed E-state index contributed by atoms with van der Waals surface area (Å²) < 4.78 is 16.1. The van der Waals surface area contributed by atoms with Crippen LogP contribution in [-0.4, -0.2) is 31.9 Å². The standard InChI is InChI=1S/C30H30N4O4/c1-22(2)23-13-15-24(16-14-23)34-28-27(32(21-31-28)17-19-37-25-9-5-3-6-10-25)29(35)33(30(34)36)18-20-38-26-11-7-4-8-12-26/h3-16,21-22H,17-20H2,1-2H3. The van der Waals surface area contributed by atoms with Gasteiger partial charge >= 0.3 is 5.69 Å². The number of aromatic nitrogens is 4. The van der Waals surface area contributed by atoms with Crippen LogP contribution in [0.15, 0.2) is 101 Å². The van der Waals surface area contributed by atoms with E-state index >= 15 is 0 Å². The molecular formula is C30H30N4O4. The third-order valence-electron chi connectivity index (χ3n) is 6.39. The predicted octanol–water partition coefficient (Wildman–Crippen LogP) is 4.63. The molecule has 2 heterocycles. The summed E-state index contributed by atoms with van der Waals surface area (Å²) in [5, 5.41) is 0. The minimum absolute atomic E-state index is 0.0955. The summed E-state index contributed by atoms with van der Waals surface area (Å²) in [5.41, 5.74) is 1.60. The average molecular weight is 511 g/mol. The van der Waals surface area contributed by atoms with Crippen molar-refractivity contribution in [1.82, 2.24) is 18.7 Å². The molecule has 2 aromatic heterocycles. The van der Waals surface area contributed by atoms with E-state index in [1.54, 1.807) is 10.9 Å². The zero-order valence-electron chi connectivity index (χ0n) is 21.5. The zero-order chi connectivity index (χ0) is 26.5. The van der Waals surface area contributed by atoms with Gasteiger partial charge in [0.05, 0.1) is 25.1 Å². The molecule has 0 bridgehead atoms. The van der Waals surface area contributed by atoms with E-state index in [9.17, 15) is 9.59 Å². The molecule has 0 saturated heterocycles. The van der Waals surface area contributed by atoms with Crippen LogP contribution in [0.1, 0.15) is 25.3 Å². The summed E-state index contributed by atoms with van der Waals surface area (Å²) in [5.74, 6) is 1.78. The largest absolute Gasteiger partial charge is 0.492 e. The van der Waals surface area contributed by atoms with Gasteiger partial charge in [-0.3, -0.25) is 9.36 Å². The first kappa shape index (κ1) is 25.1. The van der Waals surface area contributed by atoms with Crippen molar-refractivity contribution >= 4 is 11.2 Å². The minimum atomic E-state index is -0.456. The van der Waals surface area contributed by atoms with Crippen LogP contribution < -0.4 is 20.7 Å². The molecule has 0 atom stereocenters. The van der Waals surface area contributed by atoms with Crippen LogP contribution in [0.5, 0.6) is 11.5 Å². The van der Waals surface area contributed by atoms with Crippen molar-refractivity contribution in [3.05, 3.63) is 118 Å². The van der Waals surface area contributed by atoms with Gasteiger partial charge in [-0.25, -0.2) is 14.3 Å². The molecule has 8 nitrogen and oxygen atoms in total. The van der Waals surface area contributed by atoms with E-state index in [-0.39, 0.29) is 13.2 Å². The van der Waals surface area contributed by atoms with E-state index in [4.69, 9.17) is 9.47 Å². The SMILES string of the molecule is CC(C)c1ccc(-n2c(=O)n(CCOc3ccccc3)c(=O)c3c2ncn3CCOc2ccccc2)cc1. The summed E-state index contributed by atoms with van der Waals surface area (Å²) in [7, 11) is 0. The number of fused-ring (bicyclic) bond motifs is 1. The van der Waals surface area contributed by atoms with Gasteiger partial charge in [-0.2, -0.15) is 0 Å². The molecular weight excluding hydrogens is 480 g/mol. The Hall–Kier alpha value is -4.59. The number of nitrogens with zero attached hydrogens (tertiary/aromatic N) is 4. The molecule has 0 radical (unpaired) electrons. The molecule has 194 valence electrons. The minimum Gasteiger partial charge on any atom is -0.492 e. The first-order valence-electron chi connectivity index (χ1n) is 12.7.